The van der Waals surface area contributed by atoms with Crippen molar-refractivity contribution in [3.8, 4) is 28.6 Å². The van der Waals surface area contributed by atoms with Gasteiger partial charge in [0.2, 0.25) is 15.8 Å². The fraction of sp³-hybridized carbons (Fsp3) is 0.333. The van der Waals surface area contributed by atoms with E-state index in [9.17, 15) is 8.42 Å². The topological polar surface area (TPSA) is 85.5 Å². The minimum Gasteiger partial charge on any atom is -0.497 e. The van der Waals surface area contributed by atoms with E-state index in [1.54, 1.807) is 35.7 Å². The number of hydrogen-bond acceptors (Lipinski definition) is 6. The van der Waals surface area contributed by atoms with Crippen LogP contribution in [0.5, 0.6) is 5.75 Å². The van der Waals surface area contributed by atoms with Crippen LogP contribution >= 0.6 is 0 Å². The molecule has 152 valence electrons. The smallest absolute Gasteiger partial charge is 0.258 e. The molecule has 8 heteroatoms. The summed E-state index contributed by atoms with van der Waals surface area (Å²) in [5.74, 6) is 2.11. The molecule has 4 rings (SSSR count). The van der Waals surface area contributed by atoms with Crippen LogP contribution in [-0.2, 0) is 10.0 Å². The summed E-state index contributed by atoms with van der Waals surface area (Å²) in [6, 6.07) is 13.9. The van der Waals surface area contributed by atoms with Gasteiger partial charge in [-0.1, -0.05) is 12.1 Å². The van der Waals surface area contributed by atoms with E-state index in [2.05, 4.69) is 17.1 Å². The third-order valence-corrected chi connectivity index (χ3v) is 7.17. The molecule has 0 saturated carbocycles. The quantitative estimate of drug-likeness (QED) is 0.632. The van der Waals surface area contributed by atoms with Gasteiger partial charge in [-0.3, -0.25) is 0 Å². The van der Waals surface area contributed by atoms with Gasteiger partial charge in [-0.2, -0.15) is 9.29 Å². The molecule has 1 saturated heterocycles. The molecular formula is C21H23N3O4S. The highest BCUT2D eigenvalue weighted by molar-refractivity contribution is 7.89. The molecule has 3 aromatic rings. The molecule has 0 radical (unpaired) electrons. The van der Waals surface area contributed by atoms with Crippen molar-refractivity contribution in [3.05, 3.63) is 48.5 Å². The molecule has 0 atom stereocenters. The number of ether oxygens (including phenoxy) is 1. The zero-order valence-corrected chi connectivity index (χ0v) is 17.2. The molecule has 0 aliphatic carbocycles. The normalized spacial score (nSPS) is 16.1. The molecule has 0 N–H and O–H groups in total. The van der Waals surface area contributed by atoms with Crippen LogP contribution in [0, 0.1) is 5.92 Å². The lowest BCUT2D eigenvalue weighted by molar-refractivity contribution is 0.288. The van der Waals surface area contributed by atoms with Gasteiger partial charge in [-0.15, -0.1) is 0 Å². The molecule has 7 nitrogen and oxygen atoms in total. The summed E-state index contributed by atoms with van der Waals surface area (Å²) in [6.07, 6.45) is 1.79. The summed E-state index contributed by atoms with van der Waals surface area (Å²) in [5.41, 5.74) is 1.47. The molecule has 1 fully saturated rings. The van der Waals surface area contributed by atoms with Crippen molar-refractivity contribution in [1.29, 1.82) is 0 Å². The van der Waals surface area contributed by atoms with E-state index in [0.29, 0.717) is 36.3 Å². The Kier molecular flexibility index (Phi) is 5.38. The summed E-state index contributed by atoms with van der Waals surface area (Å²) in [4.78, 5) is 4.70. The lowest BCUT2D eigenvalue weighted by atomic mass is 10.0. The van der Waals surface area contributed by atoms with Gasteiger partial charge in [0, 0.05) is 24.2 Å². The van der Waals surface area contributed by atoms with Crippen molar-refractivity contribution in [2.24, 2.45) is 5.92 Å². The van der Waals surface area contributed by atoms with Crippen LogP contribution in [0.25, 0.3) is 22.8 Å². The Morgan fingerprint density at radius 1 is 1.00 bits per heavy atom. The third-order valence-electron chi connectivity index (χ3n) is 5.26. The predicted molar refractivity (Wildman–Crippen MR) is 109 cm³/mol. The van der Waals surface area contributed by atoms with Gasteiger partial charge < -0.3 is 9.26 Å². The molecule has 0 unspecified atom stereocenters. The number of benzene rings is 2. The number of sulfonamides is 1. The Morgan fingerprint density at radius 3 is 2.24 bits per heavy atom. The standard InChI is InChI=1S/C21H23N3O4S/c1-15-11-13-24(14-12-15)29(25,26)19-9-5-16(6-10-19)20-22-21(28-23-20)17-3-7-18(27-2)8-4-17/h3-10,15H,11-14H2,1-2H3. The zero-order valence-electron chi connectivity index (χ0n) is 16.4. The van der Waals surface area contributed by atoms with Crippen LogP contribution < -0.4 is 4.74 Å². The minimum atomic E-state index is -3.47. The molecule has 1 aliphatic heterocycles. The van der Waals surface area contributed by atoms with Gasteiger partial charge in [0.05, 0.1) is 12.0 Å². The zero-order chi connectivity index (χ0) is 20.4. The monoisotopic (exact) mass is 413 g/mol. The second kappa shape index (κ2) is 7.96. The third kappa shape index (κ3) is 4.04. The first-order valence-corrected chi connectivity index (χ1v) is 11.0. The molecule has 0 amide bonds. The highest BCUT2D eigenvalue weighted by atomic mass is 32.2. The Hall–Kier alpha value is -2.71. The van der Waals surface area contributed by atoms with Crippen LogP contribution in [0.1, 0.15) is 19.8 Å². The maximum Gasteiger partial charge on any atom is 0.258 e. The van der Waals surface area contributed by atoms with E-state index >= 15 is 0 Å². The van der Waals surface area contributed by atoms with E-state index in [1.165, 1.54) is 0 Å². The fourth-order valence-corrected chi connectivity index (χ4v) is 4.81. The van der Waals surface area contributed by atoms with E-state index in [0.717, 1.165) is 24.2 Å². The fourth-order valence-electron chi connectivity index (χ4n) is 3.34. The number of aromatic nitrogens is 2. The number of hydrogen-bond donors (Lipinski definition) is 0. The molecule has 2 aromatic carbocycles. The Bertz CT molecular complexity index is 1070. The van der Waals surface area contributed by atoms with Gasteiger partial charge in [0.15, 0.2) is 0 Å². The van der Waals surface area contributed by atoms with Crippen molar-refractivity contribution in [1.82, 2.24) is 14.4 Å². The second-order valence-corrected chi connectivity index (χ2v) is 9.20. The number of piperidine rings is 1. The molecule has 1 aliphatic rings. The molecule has 29 heavy (non-hydrogen) atoms. The highest BCUT2D eigenvalue weighted by Crippen LogP contribution is 2.27. The SMILES string of the molecule is COc1ccc(-c2nc(-c3ccc(S(=O)(=O)N4CCC(C)CC4)cc3)no2)cc1. The van der Waals surface area contributed by atoms with Crippen LogP contribution in [0.15, 0.2) is 57.9 Å². The molecule has 0 spiro atoms. The van der Waals surface area contributed by atoms with Gasteiger partial charge in [0.25, 0.3) is 5.89 Å². The Morgan fingerprint density at radius 2 is 1.62 bits per heavy atom. The van der Waals surface area contributed by atoms with Crippen LogP contribution in [0.2, 0.25) is 0 Å². The number of methoxy groups -OCH3 is 1. The Labute approximate surface area is 170 Å². The number of nitrogens with zero attached hydrogens (tertiary/aromatic N) is 3. The predicted octanol–water partition coefficient (Wildman–Crippen LogP) is 3.83. The Balaban J connectivity index is 1.53. The highest BCUT2D eigenvalue weighted by Gasteiger charge is 2.28. The summed E-state index contributed by atoms with van der Waals surface area (Å²) in [7, 11) is -1.86. The van der Waals surface area contributed by atoms with E-state index in [-0.39, 0.29) is 4.90 Å². The van der Waals surface area contributed by atoms with Crippen molar-refractivity contribution < 1.29 is 17.7 Å². The van der Waals surface area contributed by atoms with Gasteiger partial charge >= 0.3 is 0 Å². The minimum absolute atomic E-state index is 0.287. The lowest BCUT2D eigenvalue weighted by Crippen LogP contribution is -2.37. The first-order chi connectivity index (χ1) is 14.0. The van der Waals surface area contributed by atoms with E-state index in [1.807, 2.05) is 24.3 Å². The van der Waals surface area contributed by atoms with E-state index in [4.69, 9.17) is 9.26 Å². The molecule has 0 bridgehead atoms. The maximum absolute atomic E-state index is 12.8. The van der Waals surface area contributed by atoms with E-state index < -0.39 is 10.0 Å². The van der Waals surface area contributed by atoms with Crippen LogP contribution in [-0.4, -0.2) is 43.1 Å². The maximum atomic E-state index is 12.8. The average Bonchev–Trinajstić information content (AvgIpc) is 3.24. The summed E-state index contributed by atoms with van der Waals surface area (Å²) < 4.78 is 37.8. The lowest BCUT2D eigenvalue weighted by Gasteiger charge is -2.29. The van der Waals surface area contributed by atoms with Crippen molar-refractivity contribution in [3.63, 3.8) is 0 Å². The number of rotatable bonds is 5. The van der Waals surface area contributed by atoms with Crippen molar-refractivity contribution >= 4 is 10.0 Å². The molecular weight excluding hydrogens is 390 g/mol. The van der Waals surface area contributed by atoms with Gasteiger partial charge in [-0.25, -0.2) is 8.42 Å². The van der Waals surface area contributed by atoms with Crippen molar-refractivity contribution in [2.75, 3.05) is 20.2 Å². The van der Waals surface area contributed by atoms with Crippen LogP contribution in [0.3, 0.4) is 0 Å². The van der Waals surface area contributed by atoms with Gasteiger partial charge in [-0.05, 0) is 67.3 Å². The first kappa shape index (κ1) is 19.6. The van der Waals surface area contributed by atoms with Crippen molar-refractivity contribution in [2.45, 2.75) is 24.7 Å². The largest absolute Gasteiger partial charge is 0.497 e. The summed E-state index contributed by atoms with van der Waals surface area (Å²) in [5, 5.41) is 4.02. The van der Waals surface area contributed by atoms with Crippen LogP contribution in [0.4, 0.5) is 0 Å². The molecule has 2 heterocycles. The second-order valence-electron chi connectivity index (χ2n) is 7.26. The summed E-state index contributed by atoms with van der Waals surface area (Å²) in [6.45, 7) is 3.30. The average molecular weight is 413 g/mol. The first-order valence-electron chi connectivity index (χ1n) is 9.56. The summed E-state index contributed by atoms with van der Waals surface area (Å²) >= 11 is 0. The van der Waals surface area contributed by atoms with Gasteiger partial charge in [0.1, 0.15) is 5.75 Å². The molecule has 1 aromatic heterocycles.